The third-order valence-corrected chi connectivity index (χ3v) is 2.20. The molecule has 0 spiro atoms. The number of hydrogen-bond donors (Lipinski definition) is 3. The fourth-order valence-corrected chi connectivity index (χ4v) is 1.41. The van der Waals surface area contributed by atoms with Gasteiger partial charge in [-0.25, -0.2) is 9.89 Å². The first-order valence-corrected chi connectivity index (χ1v) is 4.79. The van der Waals surface area contributed by atoms with Crippen LogP contribution in [0.1, 0.15) is 6.92 Å². The molecule has 1 aromatic rings. The summed E-state index contributed by atoms with van der Waals surface area (Å²) in [5, 5.41) is 15.3. The summed E-state index contributed by atoms with van der Waals surface area (Å²) in [7, 11) is 0. The molecule has 7 heteroatoms. The van der Waals surface area contributed by atoms with Crippen molar-refractivity contribution in [2.45, 2.75) is 12.1 Å². The van der Waals surface area contributed by atoms with E-state index in [1.807, 2.05) is 0 Å². The Labute approximate surface area is 84.6 Å². The number of hydrogen-bond acceptors (Lipinski definition) is 5. The number of nitrogens with zero attached hydrogens (tertiary/aromatic N) is 2. The summed E-state index contributed by atoms with van der Waals surface area (Å²) in [4.78, 5) is 14.3. The summed E-state index contributed by atoms with van der Waals surface area (Å²) in [6.07, 6.45) is 1.60. The van der Waals surface area contributed by atoms with Crippen LogP contribution in [-0.2, 0) is 4.79 Å². The molecule has 0 saturated heterocycles. The molecule has 6 nitrogen and oxygen atoms in total. The van der Waals surface area contributed by atoms with Crippen molar-refractivity contribution >= 4 is 23.7 Å². The minimum absolute atomic E-state index is 0.256. The number of carboxylic acids is 1. The second kappa shape index (κ2) is 4.66. The number of aromatic nitrogens is 3. The van der Waals surface area contributed by atoms with Gasteiger partial charge in [0.25, 0.3) is 0 Å². The van der Waals surface area contributed by atoms with Crippen molar-refractivity contribution in [2.24, 2.45) is 0 Å². The first-order valence-electron chi connectivity index (χ1n) is 3.80. The number of nitrogen functional groups attached to an aromatic ring is 1. The van der Waals surface area contributed by atoms with Crippen molar-refractivity contribution in [3.63, 3.8) is 0 Å². The first-order chi connectivity index (χ1) is 6.59. The van der Waals surface area contributed by atoms with Crippen molar-refractivity contribution in [1.82, 2.24) is 15.2 Å². The Kier molecular flexibility index (Phi) is 3.52. The number of nitrogens with two attached hydrogens (primary N) is 1. The molecule has 0 saturated carbocycles. The average Bonchev–Trinajstić information content (AvgIpc) is 2.51. The predicted molar refractivity (Wildman–Crippen MR) is 52.9 cm³/mol. The van der Waals surface area contributed by atoms with E-state index < -0.39 is 5.97 Å². The molecule has 4 N–H and O–H groups in total. The van der Waals surface area contributed by atoms with Gasteiger partial charge in [0, 0.05) is 11.3 Å². The minimum Gasteiger partial charge on any atom is -0.478 e. The fourth-order valence-electron chi connectivity index (χ4n) is 0.651. The quantitative estimate of drug-likeness (QED) is 0.498. The molecule has 1 heterocycles. The molecule has 1 rings (SSSR count). The number of carboxylic acid groups (broad SMARTS) is 1. The Hall–Kier alpha value is -1.50. The smallest absolute Gasteiger partial charge is 0.330 e. The molecule has 0 aliphatic heterocycles. The number of carbonyl (C=O) groups is 1. The Morgan fingerprint density at radius 1 is 1.79 bits per heavy atom. The largest absolute Gasteiger partial charge is 0.478 e. The van der Waals surface area contributed by atoms with E-state index in [4.69, 9.17) is 10.8 Å². The molecular weight excluding hydrogens is 204 g/mol. The number of anilines is 1. The van der Waals surface area contributed by atoms with Gasteiger partial charge in [-0.2, -0.15) is 4.98 Å². The van der Waals surface area contributed by atoms with Gasteiger partial charge < -0.3 is 10.8 Å². The van der Waals surface area contributed by atoms with Crippen molar-refractivity contribution in [2.75, 3.05) is 11.5 Å². The van der Waals surface area contributed by atoms with E-state index in [1.165, 1.54) is 18.7 Å². The minimum atomic E-state index is -0.917. The summed E-state index contributed by atoms with van der Waals surface area (Å²) in [6.45, 7) is 1.54. The van der Waals surface area contributed by atoms with Crippen LogP contribution < -0.4 is 5.73 Å². The normalized spacial score (nSPS) is 11.6. The summed E-state index contributed by atoms with van der Waals surface area (Å²) in [6, 6.07) is 0. The number of aromatic amines is 1. The zero-order valence-electron chi connectivity index (χ0n) is 7.52. The fraction of sp³-hybridized carbons (Fsp3) is 0.286. The van der Waals surface area contributed by atoms with Gasteiger partial charge in [-0.3, -0.25) is 0 Å². The monoisotopic (exact) mass is 214 g/mol. The molecule has 1 aromatic heterocycles. The van der Waals surface area contributed by atoms with Crippen LogP contribution >= 0.6 is 11.8 Å². The lowest BCUT2D eigenvalue weighted by Gasteiger charge is -1.92. The van der Waals surface area contributed by atoms with Crippen LogP contribution in [0, 0.1) is 0 Å². The maximum atomic E-state index is 10.4. The highest BCUT2D eigenvalue weighted by molar-refractivity contribution is 7.99. The van der Waals surface area contributed by atoms with Gasteiger partial charge in [-0.1, -0.05) is 17.8 Å². The van der Waals surface area contributed by atoms with Crippen LogP contribution in [0.15, 0.2) is 16.8 Å². The molecule has 0 bridgehead atoms. The summed E-state index contributed by atoms with van der Waals surface area (Å²) >= 11 is 1.31. The van der Waals surface area contributed by atoms with Crippen molar-refractivity contribution in [1.29, 1.82) is 0 Å². The number of aliphatic carboxylic acids is 1. The Morgan fingerprint density at radius 2 is 2.50 bits per heavy atom. The molecule has 76 valence electrons. The van der Waals surface area contributed by atoms with Crippen LogP contribution in [0.5, 0.6) is 0 Å². The van der Waals surface area contributed by atoms with Crippen LogP contribution in [0.2, 0.25) is 0 Å². The molecule has 0 aromatic carbocycles. The van der Waals surface area contributed by atoms with Gasteiger partial charge in [-0.15, -0.1) is 5.10 Å². The molecule has 0 fully saturated rings. The molecule has 0 atom stereocenters. The van der Waals surface area contributed by atoms with Crippen molar-refractivity contribution in [3.8, 4) is 0 Å². The van der Waals surface area contributed by atoms with E-state index in [0.29, 0.717) is 16.5 Å². The van der Waals surface area contributed by atoms with Crippen LogP contribution in [-0.4, -0.2) is 32.0 Å². The van der Waals surface area contributed by atoms with E-state index in [1.54, 1.807) is 6.08 Å². The van der Waals surface area contributed by atoms with E-state index in [-0.39, 0.29) is 5.95 Å². The summed E-state index contributed by atoms with van der Waals surface area (Å²) < 4.78 is 0. The summed E-state index contributed by atoms with van der Waals surface area (Å²) in [5.74, 6) is -0.151. The maximum absolute atomic E-state index is 10.4. The first kappa shape index (κ1) is 10.6. The van der Waals surface area contributed by atoms with E-state index >= 15 is 0 Å². The van der Waals surface area contributed by atoms with E-state index in [0.717, 1.165) is 0 Å². The number of H-pyrrole nitrogens is 1. The molecule has 0 amide bonds. The van der Waals surface area contributed by atoms with Gasteiger partial charge in [0.2, 0.25) is 11.1 Å². The lowest BCUT2D eigenvalue weighted by atomic mass is 10.3. The molecular formula is C7H10N4O2S. The third-order valence-electron chi connectivity index (χ3n) is 1.42. The van der Waals surface area contributed by atoms with Crippen LogP contribution in [0.3, 0.4) is 0 Å². The van der Waals surface area contributed by atoms with Gasteiger partial charge >= 0.3 is 5.97 Å². The number of thioether (sulfide) groups is 1. The highest BCUT2D eigenvalue weighted by Crippen LogP contribution is 2.13. The Bertz CT molecular complexity index is 360. The molecule has 0 aliphatic carbocycles. The Balaban J connectivity index is 2.42. The lowest BCUT2D eigenvalue weighted by molar-refractivity contribution is -0.132. The molecule has 0 aliphatic rings. The van der Waals surface area contributed by atoms with Crippen LogP contribution in [0.4, 0.5) is 5.95 Å². The summed E-state index contributed by atoms with van der Waals surface area (Å²) in [5.41, 5.74) is 5.61. The maximum Gasteiger partial charge on any atom is 0.330 e. The van der Waals surface area contributed by atoms with Gasteiger partial charge in [0.05, 0.1) is 0 Å². The van der Waals surface area contributed by atoms with Crippen molar-refractivity contribution in [3.05, 3.63) is 11.6 Å². The second-order valence-corrected chi connectivity index (χ2v) is 3.49. The zero-order chi connectivity index (χ0) is 10.6. The molecule has 0 radical (unpaired) electrons. The van der Waals surface area contributed by atoms with E-state index in [2.05, 4.69) is 15.2 Å². The van der Waals surface area contributed by atoms with Gasteiger partial charge in [-0.05, 0) is 6.92 Å². The molecule has 0 unspecified atom stereocenters. The topological polar surface area (TPSA) is 105 Å². The molecule has 14 heavy (non-hydrogen) atoms. The highest BCUT2D eigenvalue weighted by Gasteiger charge is 2.01. The zero-order valence-corrected chi connectivity index (χ0v) is 8.34. The van der Waals surface area contributed by atoms with Crippen molar-refractivity contribution < 1.29 is 9.90 Å². The van der Waals surface area contributed by atoms with Gasteiger partial charge in [0.15, 0.2) is 0 Å². The van der Waals surface area contributed by atoms with Crippen LogP contribution in [0.25, 0.3) is 0 Å². The Morgan fingerprint density at radius 3 is 3.00 bits per heavy atom. The van der Waals surface area contributed by atoms with Gasteiger partial charge in [0.1, 0.15) is 0 Å². The van der Waals surface area contributed by atoms with E-state index in [9.17, 15) is 4.79 Å². The SMILES string of the molecule is CC(=CCSc1n[nH]c(N)n1)C(=O)O. The highest BCUT2D eigenvalue weighted by atomic mass is 32.2. The number of nitrogens with one attached hydrogen (secondary N) is 1. The second-order valence-electron chi connectivity index (χ2n) is 2.51. The third kappa shape index (κ3) is 3.09. The predicted octanol–water partition coefficient (Wildman–Crippen LogP) is 0.510. The standard InChI is InChI=1S/C7H10N4O2S/c1-4(5(12)13)2-3-14-7-9-6(8)10-11-7/h2H,3H2,1H3,(H,12,13)(H3,8,9,10,11). The number of rotatable bonds is 4. The average molecular weight is 214 g/mol. The lowest BCUT2D eigenvalue weighted by Crippen LogP contribution is -1.96.